The quantitative estimate of drug-likeness (QED) is 0.899. The van der Waals surface area contributed by atoms with E-state index < -0.39 is 0 Å². The lowest BCUT2D eigenvalue weighted by Gasteiger charge is -2.19. The van der Waals surface area contributed by atoms with Gasteiger partial charge in [0.05, 0.1) is 5.92 Å². The zero-order valence-corrected chi connectivity index (χ0v) is 14.5. The van der Waals surface area contributed by atoms with Crippen LogP contribution in [-0.4, -0.2) is 24.9 Å². The van der Waals surface area contributed by atoms with Crippen LogP contribution in [0, 0.1) is 11.7 Å². The monoisotopic (exact) mass is 352 g/mol. The lowest BCUT2D eigenvalue weighted by Crippen LogP contribution is -2.37. The van der Waals surface area contributed by atoms with Gasteiger partial charge < -0.3 is 10.2 Å². The molecule has 5 heteroatoms. The zero-order chi connectivity index (χ0) is 18.1. The molecular formula is C21H21FN2O2. The zero-order valence-electron chi connectivity index (χ0n) is 14.5. The molecule has 0 aromatic heterocycles. The van der Waals surface area contributed by atoms with E-state index >= 15 is 0 Å². The number of carbonyl (C=O) groups excluding carboxylic acids is 2. The third-order valence-corrected chi connectivity index (χ3v) is 5.47. The first-order chi connectivity index (χ1) is 12.6. The second-order valence-electron chi connectivity index (χ2n) is 7.25. The van der Waals surface area contributed by atoms with Crippen LogP contribution in [0.2, 0.25) is 0 Å². The molecule has 0 spiro atoms. The summed E-state index contributed by atoms with van der Waals surface area (Å²) in [5.41, 5.74) is 1.82. The van der Waals surface area contributed by atoms with E-state index in [9.17, 15) is 14.0 Å². The molecule has 1 saturated heterocycles. The minimum atomic E-state index is -0.327. The maximum Gasteiger partial charge on any atom is 0.227 e. The fourth-order valence-electron chi connectivity index (χ4n) is 3.66. The number of rotatable bonds is 5. The van der Waals surface area contributed by atoms with Gasteiger partial charge in [0.15, 0.2) is 0 Å². The minimum Gasteiger partial charge on any atom is -0.355 e. The second kappa shape index (κ2) is 6.56. The Balaban J connectivity index is 1.37. The maximum atomic E-state index is 13.1. The Morgan fingerprint density at radius 1 is 1.12 bits per heavy atom. The van der Waals surface area contributed by atoms with Crippen LogP contribution in [0.5, 0.6) is 0 Å². The third kappa shape index (κ3) is 3.21. The van der Waals surface area contributed by atoms with Crippen LogP contribution in [-0.2, 0) is 15.0 Å². The molecule has 1 saturated carbocycles. The summed E-state index contributed by atoms with van der Waals surface area (Å²) in [6.07, 6.45) is 2.21. The maximum absolute atomic E-state index is 13.1. The summed E-state index contributed by atoms with van der Waals surface area (Å²) in [4.78, 5) is 26.5. The molecule has 1 unspecified atom stereocenters. The van der Waals surface area contributed by atoms with E-state index in [0.29, 0.717) is 13.1 Å². The highest BCUT2D eigenvalue weighted by atomic mass is 19.1. The molecule has 2 aromatic carbocycles. The van der Waals surface area contributed by atoms with Crippen LogP contribution >= 0.6 is 0 Å². The number of hydrogen-bond acceptors (Lipinski definition) is 2. The van der Waals surface area contributed by atoms with Gasteiger partial charge in [0.25, 0.3) is 0 Å². The summed E-state index contributed by atoms with van der Waals surface area (Å²) in [7, 11) is 0. The molecule has 0 bridgehead atoms. The van der Waals surface area contributed by atoms with Crippen LogP contribution in [0.15, 0.2) is 54.6 Å². The third-order valence-electron chi connectivity index (χ3n) is 5.47. The average molecular weight is 352 g/mol. The van der Waals surface area contributed by atoms with Gasteiger partial charge in [-0.15, -0.1) is 0 Å². The Bertz CT molecular complexity index is 816. The summed E-state index contributed by atoms with van der Waals surface area (Å²) < 4.78 is 13.1. The van der Waals surface area contributed by atoms with Gasteiger partial charge in [-0.1, -0.05) is 30.3 Å². The molecule has 2 aliphatic rings. The van der Waals surface area contributed by atoms with Crippen LogP contribution in [0.25, 0.3) is 0 Å². The topological polar surface area (TPSA) is 49.4 Å². The molecule has 4 rings (SSSR count). The van der Waals surface area contributed by atoms with Crippen LogP contribution in [0.4, 0.5) is 10.1 Å². The average Bonchev–Trinajstić information content (AvgIpc) is 3.35. The van der Waals surface area contributed by atoms with E-state index in [2.05, 4.69) is 5.32 Å². The number of hydrogen-bond donors (Lipinski definition) is 1. The number of nitrogens with one attached hydrogen (secondary N) is 1. The number of carbonyl (C=O) groups is 2. The molecule has 1 atom stereocenters. The Kier molecular flexibility index (Phi) is 4.23. The molecule has 1 heterocycles. The Labute approximate surface area is 152 Å². The lowest BCUT2D eigenvalue weighted by molar-refractivity contribution is -0.126. The molecule has 26 heavy (non-hydrogen) atoms. The molecule has 2 amide bonds. The van der Waals surface area contributed by atoms with E-state index in [4.69, 9.17) is 0 Å². The standard InChI is InChI=1S/C21H21FN2O2/c22-17-8-6-16(7-9-17)21(10-11-21)14-23-20(26)15-12-19(25)24(13-15)18-4-2-1-3-5-18/h1-9,15H,10-14H2,(H,23,26). The normalized spacial score (nSPS) is 20.9. The van der Waals surface area contributed by atoms with Crippen LogP contribution < -0.4 is 10.2 Å². The first-order valence-corrected chi connectivity index (χ1v) is 8.97. The van der Waals surface area contributed by atoms with Crippen molar-refractivity contribution in [3.05, 3.63) is 66.0 Å². The number of anilines is 1. The molecule has 4 nitrogen and oxygen atoms in total. The summed E-state index contributed by atoms with van der Waals surface area (Å²) in [6.45, 7) is 0.950. The van der Waals surface area contributed by atoms with Gasteiger partial charge in [-0.05, 0) is 42.7 Å². The van der Waals surface area contributed by atoms with E-state index in [0.717, 1.165) is 24.1 Å². The van der Waals surface area contributed by atoms with Gasteiger partial charge >= 0.3 is 0 Å². The van der Waals surface area contributed by atoms with Crippen molar-refractivity contribution < 1.29 is 14.0 Å². The van der Waals surface area contributed by atoms with E-state index in [-0.39, 0.29) is 35.4 Å². The molecule has 2 fully saturated rings. The van der Waals surface area contributed by atoms with Crippen LogP contribution in [0.1, 0.15) is 24.8 Å². The Morgan fingerprint density at radius 2 is 1.81 bits per heavy atom. The van der Waals surface area contributed by atoms with Gasteiger partial charge in [-0.3, -0.25) is 9.59 Å². The molecule has 0 radical (unpaired) electrons. The molecule has 1 aliphatic heterocycles. The molecule has 1 aliphatic carbocycles. The fourth-order valence-corrected chi connectivity index (χ4v) is 3.66. The fraction of sp³-hybridized carbons (Fsp3) is 0.333. The highest BCUT2D eigenvalue weighted by Crippen LogP contribution is 2.47. The predicted molar refractivity (Wildman–Crippen MR) is 97.2 cm³/mol. The smallest absolute Gasteiger partial charge is 0.227 e. The van der Waals surface area contributed by atoms with Crippen molar-refractivity contribution >= 4 is 17.5 Å². The van der Waals surface area contributed by atoms with Crippen molar-refractivity contribution in [1.29, 1.82) is 0 Å². The Morgan fingerprint density at radius 3 is 2.46 bits per heavy atom. The number of nitrogens with zero attached hydrogens (tertiary/aromatic N) is 1. The number of benzene rings is 2. The number of para-hydroxylation sites is 1. The molecule has 2 aromatic rings. The second-order valence-corrected chi connectivity index (χ2v) is 7.25. The predicted octanol–water partition coefficient (Wildman–Crippen LogP) is 3.03. The van der Waals surface area contributed by atoms with Gasteiger partial charge in [-0.25, -0.2) is 4.39 Å². The highest BCUT2D eigenvalue weighted by Gasteiger charge is 2.45. The van der Waals surface area contributed by atoms with Crippen molar-refractivity contribution in [1.82, 2.24) is 5.32 Å². The largest absolute Gasteiger partial charge is 0.355 e. The molecule has 1 N–H and O–H groups in total. The van der Waals surface area contributed by atoms with Crippen molar-refractivity contribution in [3.8, 4) is 0 Å². The van der Waals surface area contributed by atoms with Gasteiger partial charge in [0, 0.05) is 30.6 Å². The molecular weight excluding hydrogens is 331 g/mol. The van der Waals surface area contributed by atoms with Crippen LogP contribution in [0.3, 0.4) is 0 Å². The Hall–Kier alpha value is -2.69. The van der Waals surface area contributed by atoms with E-state index in [1.54, 1.807) is 17.0 Å². The summed E-state index contributed by atoms with van der Waals surface area (Å²) in [5, 5.41) is 3.02. The van der Waals surface area contributed by atoms with Crippen molar-refractivity contribution in [2.75, 3.05) is 18.0 Å². The first-order valence-electron chi connectivity index (χ1n) is 8.97. The number of halogens is 1. The number of amides is 2. The van der Waals surface area contributed by atoms with Gasteiger partial charge in [0.1, 0.15) is 5.82 Å². The minimum absolute atomic E-state index is 0.0176. The van der Waals surface area contributed by atoms with Crippen molar-refractivity contribution in [2.24, 2.45) is 5.92 Å². The summed E-state index contributed by atoms with van der Waals surface area (Å²) >= 11 is 0. The van der Waals surface area contributed by atoms with Crippen molar-refractivity contribution in [3.63, 3.8) is 0 Å². The SMILES string of the molecule is O=C(NCC1(c2ccc(F)cc2)CC1)C1CC(=O)N(c2ccccc2)C1. The van der Waals surface area contributed by atoms with E-state index in [1.165, 1.54) is 12.1 Å². The van der Waals surface area contributed by atoms with Crippen molar-refractivity contribution in [2.45, 2.75) is 24.7 Å². The summed E-state index contributed by atoms with van der Waals surface area (Å²) in [6, 6.07) is 16.0. The highest BCUT2D eigenvalue weighted by molar-refractivity contribution is 6.00. The first kappa shape index (κ1) is 16.8. The van der Waals surface area contributed by atoms with Gasteiger partial charge in [-0.2, -0.15) is 0 Å². The van der Waals surface area contributed by atoms with E-state index in [1.807, 2.05) is 30.3 Å². The molecule has 134 valence electrons. The summed E-state index contributed by atoms with van der Waals surface area (Å²) in [5.74, 6) is -0.674. The van der Waals surface area contributed by atoms with Gasteiger partial charge in [0.2, 0.25) is 11.8 Å². The lowest BCUT2D eigenvalue weighted by atomic mass is 9.95.